The zero-order valence-corrected chi connectivity index (χ0v) is 13.1. The third kappa shape index (κ3) is 3.19. The van der Waals surface area contributed by atoms with Crippen LogP contribution in [0.1, 0.15) is 19.3 Å². The molecule has 0 aromatic heterocycles. The highest BCUT2D eigenvalue weighted by Crippen LogP contribution is 2.32. The first kappa shape index (κ1) is 14.2. The van der Waals surface area contributed by atoms with Crippen molar-refractivity contribution in [3.05, 3.63) is 27.7 Å². The third-order valence-corrected chi connectivity index (χ3v) is 5.76. The molecule has 0 spiro atoms. The summed E-state index contributed by atoms with van der Waals surface area (Å²) in [6.07, 6.45) is 3.82. The van der Waals surface area contributed by atoms with E-state index in [2.05, 4.69) is 21.2 Å². The maximum absolute atomic E-state index is 11.7. The minimum atomic E-state index is -3.01. The molecule has 1 saturated carbocycles. The molecule has 0 heterocycles. The van der Waals surface area contributed by atoms with Gasteiger partial charge < -0.3 is 5.32 Å². The number of anilines is 1. The second kappa shape index (κ2) is 5.39. The molecular weight excluding hydrogens is 338 g/mol. The fraction of sp³-hybridized carbons (Fsp3) is 0.500. The van der Waals surface area contributed by atoms with Gasteiger partial charge >= 0.3 is 0 Å². The molecule has 0 saturated heterocycles. The monoisotopic (exact) mass is 351 g/mol. The van der Waals surface area contributed by atoms with Gasteiger partial charge in [-0.1, -0.05) is 27.5 Å². The van der Waals surface area contributed by atoms with Crippen LogP contribution in [0.2, 0.25) is 5.02 Å². The average molecular weight is 353 g/mol. The summed E-state index contributed by atoms with van der Waals surface area (Å²) in [6.45, 7) is 0. The van der Waals surface area contributed by atoms with Gasteiger partial charge in [0.05, 0.1) is 16.0 Å². The summed E-state index contributed by atoms with van der Waals surface area (Å²) in [5.41, 5.74) is 0.784. The van der Waals surface area contributed by atoms with Crippen LogP contribution in [0.25, 0.3) is 0 Å². The van der Waals surface area contributed by atoms with Crippen molar-refractivity contribution in [2.45, 2.75) is 30.6 Å². The van der Waals surface area contributed by atoms with Crippen LogP contribution in [-0.2, 0) is 9.84 Å². The van der Waals surface area contributed by atoms with Crippen LogP contribution in [0.15, 0.2) is 22.7 Å². The van der Waals surface area contributed by atoms with E-state index in [1.54, 1.807) is 6.07 Å². The molecule has 0 aliphatic heterocycles. The predicted molar refractivity (Wildman–Crippen MR) is 79.0 cm³/mol. The number of nitrogens with one attached hydrogen (secondary N) is 1. The van der Waals surface area contributed by atoms with Crippen LogP contribution >= 0.6 is 27.5 Å². The van der Waals surface area contributed by atoms with Crippen molar-refractivity contribution in [3.63, 3.8) is 0 Å². The van der Waals surface area contributed by atoms with Gasteiger partial charge in [0.1, 0.15) is 0 Å². The number of benzene rings is 1. The van der Waals surface area contributed by atoms with Crippen molar-refractivity contribution in [1.29, 1.82) is 0 Å². The molecular formula is C12H15BrClNO2S. The summed E-state index contributed by atoms with van der Waals surface area (Å²) in [4.78, 5) is 0. The van der Waals surface area contributed by atoms with Gasteiger partial charge in [0.25, 0.3) is 0 Å². The first-order valence-corrected chi connectivity index (χ1v) is 8.91. The number of hydrogen-bond donors (Lipinski definition) is 1. The van der Waals surface area contributed by atoms with E-state index in [1.807, 2.05) is 12.1 Å². The summed E-state index contributed by atoms with van der Waals surface area (Å²) in [5.74, 6) is 0. The molecule has 6 heteroatoms. The average Bonchev–Trinajstić information content (AvgIpc) is 2.71. The first-order chi connectivity index (χ1) is 8.38. The maximum Gasteiger partial charge on any atom is 0.152 e. The van der Waals surface area contributed by atoms with Gasteiger partial charge in [-0.3, -0.25) is 0 Å². The zero-order valence-electron chi connectivity index (χ0n) is 9.99. The Kier molecular flexibility index (Phi) is 4.24. The summed E-state index contributed by atoms with van der Waals surface area (Å²) in [5, 5.41) is 3.56. The van der Waals surface area contributed by atoms with Crippen LogP contribution in [0.3, 0.4) is 0 Å². The van der Waals surface area contributed by atoms with E-state index in [9.17, 15) is 8.42 Å². The summed E-state index contributed by atoms with van der Waals surface area (Å²) >= 11 is 9.49. The van der Waals surface area contributed by atoms with E-state index in [4.69, 9.17) is 11.6 Å². The highest BCUT2D eigenvalue weighted by molar-refractivity contribution is 9.10. The minimum Gasteiger partial charge on any atom is -0.380 e. The Bertz CT molecular complexity index is 547. The third-order valence-electron chi connectivity index (χ3n) is 3.27. The highest BCUT2D eigenvalue weighted by Gasteiger charge is 2.34. The van der Waals surface area contributed by atoms with E-state index in [0.717, 1.165) is 29.4 Å². The molecule has 1 fully saturated rings. The molecule has 100 valence electrons. The van der Waals surface area contributed by atoms with Crippen molar-refractivity contribution < 1.29 is 8.42 Å². The van der Waals surface area contributed by atoms with Crippen LogP contribution in [-0.4, -0.2) is 26.0 Å². The number of halogens is 2. The van der Waals surface area contributed by atoms with E-state index < -0.39 is 9.84 Å². The molecule has 0 bridgehead atoms. The van der Waals surface area contributed by atoms with E-state index in [1.165, 1.54) is 6.26 Å². The van der Waals surface area contributed by atoms with Crippen molar-refractivity contribution in [3.8, 4) is 0 Å². The van der Waals surface area contributed by atoms with Gasteiger partial charge in [-0.25, -0.2) is 8.42 Å². The lowest BCUT2D eigenvalue weighted by Gasteiger charge is -2.21. The second-order valence-corrected chi connectivity index (χ2v) is 8.26. The van der Waals surface area contributed by atoms with Gasteiger partial charge in [-0.2, -0.15) is 0 Å². The second-order valence-electron chi connectivity index (χ2n) is 4.67. The van der Waals surface area contributed by atoms with Gasteiger partial charge in [0, 0.05) is 16.8 Å². The predicted octanol–water partition coefficient (Wildman–Crippen LogP) is 3.48. The smallest absolute Gasteiger partial charge is 0.152 e. The van der Waals surface area contributed by atoms with Crippen molar-refractivity contribution >= 4 is 43.1 Å². The molecule has 3 nitrogen and oxygen atoms in total. The molecule has 2 atom stereocenters. The standard InChI is InChI=1S/C12H15BrClNO2S/c1-18(16,17)12-4-2-3-10(12)15-11-7-8(13)5-6-9(11)14/h5-7,10,12,15H,2-4H2,1H3. The summed E-state index contributed by atoms with van der Waals surface area (Å²) < 4.78 is 24.3. The molecule has 2 unspecified atom stereocenters. The first-order valence-electron chi connectivity index (χ1n) is 5.78. The van der Waals surface area contributed by atoms with Gasteiger partial charge in [-0.15, -0.1) is 0 Å². The molecule has 18 heavy (non-hydrogen) atoms. The quantitative estimate of drug-likeness (QED) is 0.906. The van der Waals surface area contributed by atoms with E-state index in [-0.39, 0.29) is 11.3 Å². The Morgan fingerprint density at radius 3 is 2.78 bits per heavy atom. The maximum atomic E-state index is 11.7. The van der Waals surface area contributed by atoms with E-state index >= 15 is 0 Å². The van der Waals surface area contributed by atoms with Crippen LogP contribution in [0.4, 0.5) is 5.69 Å². The van der Waals surface area contributed by atoms with E-state index in [0.29, 0.717) is 5.02 Å². The molecule has 1 aliphatic carbocycles. The minimum absolute atomic E-state index is 0.0493. The Morgan fingerprint density at radius 2 is 2.11 bits per heavy atom. The molecule has 0 radical (unpaired) electrons. The fourth-order valence-corrected chi connectivity index (χ4v) is 4.34. The Hall–Kier alpha value is -0.260. The van der Waals surface area contributed by atoms with Crippen molar-refractivity contribution in [2.24, 2.45) is 0 Å². The highest BCUT2D eigenvalue weighted by atomic mass is 79.9. The molecule has 1 aliphatic rings. The fourth-order valence-electron chi connectivity index (χ4n) is 2.41. The lowest BCUT2D eigenvalue weighted by Crippen LogP contribution is -2.34. The lowest BCUT2D eigenvalue weighted by atomic mass is 10.2. The van der Waals surface area contributed by atoms with Crippen molar-refractivity contribution in [2.75, 3.05) is 11.6 Å². The molecule has 0 amide bonds. The largest absolute Gasteiger partial charge is 0.380 e. The Balaban J connectivity index is 2.21. The topological polar surface area (TPSA) is 46.2 Å². The van der Waals surface area contributed by atoms with Crippen molar-refractivity contribution in [1.82, 2.24) is 0 Å². The lowest BCUT2D eigenvalue weighted by molar-refractivity contribution is 0.579. The molecule has 1 aromatic carbocycles. The van der Waals surface area contributed by atoms with Crippen LogP contribution in [0, 0.1) is 0 Å². The number of sulfone groups is 1. The Morgan fingerprint density at radius 1 is 1.39 bits per heavy atom. The summed E-state index contributed by atoms with van der Waals surface area (Å²) in [6, 6.07) is 5.47. The summed E-state index contributed by atoms with van der Waals surface area (Å²) in [7, 11) is -3.01. The normalized spacial score (nSPS) is 24.2. The van der Waals surface area contributed by atoms with Gasteiger partial charge in [0.15, 0.2) is 9.84 Å². The number of hydrogen-bond acceptors (Lipinski definition) is 3. The van der Waals surface area contributed by atoms with Gasteiger partial charge in [0.2, 0.25) is 0 Å². The number of rotatable bonds is 3. The molecule has 1 N–H and O–H groups in total. The van der Waals surface area contributed by atoms with Crippen LogP contribution in [0.5, 0.6) is 0 Å². The van der Waals surface area contributed by atoms with Crippen LogP contribution < -0.4 is 5.32 Å². The molecule has 2 rings (SSSR count). The van der Waals surface area contributed by atoms with Gasteiger partial charge in [-0.05, 0) is 37.5 Å². The zero-order chi connectivity index (χ0) is 13.3. The molecule has 1 aromatic rings. The Labute approximate surface area is 121 Å². The SMILES string of the molecule is CS(=O)(=O)C1CCCC1Nc1cc(Br)ccc1Cl.